The quantitative estimate of drug-likeness (QED) is 0.456. The van der Waals surface area contributed by atoms with E-state index in [0.717, 1.165) is 22.7 Å². The first-order valence-electron chi connectivity index (χ1n) is 11.6. The monoisotopic (exact) mass is 551 g/mol. The molecule has 0 amide bonds. The van der Waals surface area contributed by atoms with Crippen molar-refractivity contribution in [3.8, 4) is 5.75 Å². The topological polar surface area (TPSA) is 107 Å². The van der Waals surface area contributed by atoms with E-state index in [9.17, 15) is 21.2 Å². The molecule has 1 fully saturated rings. The van der Waals surface area contributed by atoms with Crippen LogP contribution in [0.2, 0.25) is 0 Å². The van der Waals surface area contributed by atoms with Crippen molar-refractivity contribution >= 4 is 31.2 Å². The fourth-order valence-electron chi connectivity index (χ4n) is 5.12. The standard InChI is InChI=1S/C24H26FN3O5S3/c1-35(29,30)18-8-10-28(22(12-18)16-2-4-17(25)5-3-16)21-9-11-33-23-13-19(6-7-20(21)23)36(31,32)14-24-26-15-27-34-24/h2-7,13,15,18,21-22H,8-12,14H2,1H3/t18-,21+,22+/m1/s1. The molecular weight excluding hydrogens is 525 g/mol. The van der Waals surface area contributed by atoms with E-state index in [1.807, 2.05) is 0 Å². The molecule has 0 radical (unpaired) electrons. The number of hydrogen-bond acceptors (Lipinski definition) is 9. The number of hydrogen-bond donors (Lipinski definition) is 0. The number of rotatable bonds is 6. The number of fused-ring (bicyclic) bond motifs is 1. The summed E-state index contributed by atoms with van der Waals surface area (Å²) in [6, 6.07) is 10.8. The molecule has 0 unspecified atom stereocenters. The first-order chi connectivity index (χ1) is 17.1. The van der Waals surface area contributed by atoms with Gasteiger partial charge >= 0.3 is 0 Å². The van der Waals surface area contributed by atoms with Crippen molar-refractivity contribution in [3.63, 3.8) is 0 Å². The number of aromatic nitrogens is 2. The summed E-state index contributed by atoms with van der Waals surface area (Å²) < 4.78 is 74.1. The summed E-state index contributed by atoms with van der Waals surface area (Å²) in [7, 11) is -6.86. The van der Waals surface area contributed by atoms with Crippen LogP contribution in [0.25, 0.3) is 0 Å². The van der Waals surface area contributed by atoms with Gasteiger partial charge < -0.3 is 4.74 Å². The van der Waals surface area contributed by atoms with Crippen LogP contribution in [0.5, 0.6) is 5.75 Å². The lowest BCUT2D eigenvalue weighted by Gasteiger charge is -2.45. The first-order valence-corrected chi connectivity index (χ1v) is 15.9. The van der Waals surface area contributed by atoms with Gasteiger partial charge in [-0.1, -0.05) is 18.2 Å². The molecule has 2 aliphatic rings. The number of ether oxygens (including phenoxy) is 1. The lowest BCUT2D eigenvalue weighted by Crippen LogP contribution is -2.44. The molecule has 3 aromatic rings. The van der Waals surface area contributed by atoms with E-state index in [4.69, 9.17) is 4.74 Å². The molecule has 3 heterocycles. The van der Waals surface area contributed by atoms with Gasteiger partial charge in [0.2, 0.25) is 0 Å². The lowest BCUT2D eigenvalue weighted by molar-refractivity contribution is 0.0680. The Morgan fingerprint density at radius 3 is 2.56 bits per heavy atom. The highest BCUT2D eigenvalue weighted by molar-refractivity contribution is 7.91. The van der Waals surface area contributed by atoms with E-state index in [0.29, 0.717) is 43.2 Å². The molecule has 1 aromatic heterocycles. The fourth-order valence-corrected chi connectivity index (χ4v) is 8.30. The van der Waals surface area contributed by atoms with Crippen LogP contribution in [0.15, 0.2) is 53.7 Å². The molecule has 0 aliphatic carbocycles. The third kappa shape index (κ3) is 5.17. The maximum atomic E-state index is 13.6. The normalized spacial score (nSPS) is 23.1. The van der Waals surface area contributed by atoms with E-state index in [1.54, 1.807) is 30.3 Å². The molecule has 12 heteroatoms. The van der Waals surface area contributed by atoms with Crippen molar-refractivity contribution in [1.29, 1.82) is 0 Å². The summed E-state index contributed by atoms with van der Waals surface area (Å²) in [4.78, 5) is 6.39. The molecule has 0 N–H and O–H groups in total. The molecule has 5 rings (SSSR count). The molecule has 2 aromatic carbocycles. The van der Waals surface area contributed by atoms with Gasteiger partial charge in [-0.3, -0.25) is 4.90 Å². The Kier molecular flexibility index (Phi) is 6.88. The van der Waals surface area contributed by atoms with Gasteiger partial charge in [0.25, 0.3) is 0 Å². The van der Waals surface area contributed by atoms with Crippen LogP contribution >= 0.6 is 11.5 Å². The zero-order valence-corrected chi connectivity index (χ0v) is 22.0. The highest BCUT2D eigenvalue weighted by Crippen LogP contribution is 2.45. The average molecular weight is 552 g/mol. The van der Waals surface area contributed by atoms with Crippen LogP contribution in [-0.4, -0.2) is 55.8 Å². The molecule has 0 spiro atoms. The van der Waals surface area contributed by atoms with Gasteiger partial charge in [-0.15, -0.1) is 0 Å². The van der Waals surface area contributed by atoms with Crippen LogP contribution in [0.3, 0.4) is 0 Å². The Morgan fingerprint density at radius 2 is 1.86 bits per heavy atom. The molecule has 0 bridgehead atoms. The number of piperidine rings is 1. The van der Waals surface area contributed by atoms with Crippen LogP contribution in [0.4, 0.5) is 4.39 Å². The van der Waals surface area contributed by atoms with Crippen LogP contribution < -0.4 is 4.74 Å². The second-order valence-corrected chi connectivity index (χ2v) is 14.4. The van der Waals surface area contributed by atoms with Gasteiger partial charge in [-0.25, -0.2) is 26.2 Å². The Morgan fingerprint density at radius 1 is 1.08 bits per heavy atom. The van der Waals surface area contributed by atoms with E-state index >= 15 is 0 Å². The summed E-state index contributed by atoms with van der Waals surface area (Å²) in [5.41, 5.74) is 1.72. The highest BCUT2D eigenvalue weighted by atomic mass is 32.2. The van der Waals surface area contributed by atoms with Crippen molar-refractivity contribution in [1.82, 2.24) is 14.3 Å². The number of halogens is 1. The molecule has 8 nitrogen and oxygen atoms in total. The molecule has 0 saturated carbocycles. The molecule has 1 saturated heterocycles. The summed E-state index contributed by atoms with van der Waals surface area (Å²) in [6.07, 6.45) is 4.18. The van der Waals surface area contributed by atoms with Gasteiger partial charge in [0, 0.05) is 36.9 Å². The molecule has 3 atom stereocenters. The Labute approximate surface area is 214 Å². The summed E-state index contributed by atoms with van der Waals surface area (Å²) in [5.74, 6) is -0.0712. The van der Waals surface area contributed by atoms with Crippen LogP contribution in [0.1, 0.15) is 47.5 Å². The van der Waals surface area contributed by atoms with Crippen molar-refractivity contribution < 1.29 is 26.0 Å². The summed E-state index contributed by atoms with van der Waals surface area (Å²) in [5, 5.41) is -0.0570. The minimum Gasteiger partial charge on any atom is -0.493 e. The number of benzene rings is 2. The van der Waals surface area contributed by atoms with E-state index in [-0.39, 0.29) is 28.5 Å². The number of nitrogens with zero attached hydrogens (tertiary/aromatic N) is 3. The lowest BCUT2D eigenvalue weighted by atomic mass is 9.89. The van der Waals surface area contributed by atoms with Crippen molar-refractivity contribution in [2.75, 3.05) is 19.4 Å². The third-order valence-corrected chi connectivity index (χ3v) is 11.0. The van der Waals surface area contributed by atoms with E-state index in [1.165, 1.54) is 24.7 Å². The molecule has 192 valence electrons. The van der Waals surface area contributed by atoms with E-state index < -0.39 is 24.9 Å². The molecule has 2 aliphatic heterocycles. The smallest absolute Gasteiger partial charge is 0.185 e. The average Bonchev–Trinajstić information content (AvgIpc) is 3.35. The second-order valence-electron chi connectivity index (χ2n) is 9.23. The van der Waals surface area contributed by atoms with E-state index in [2.05, 4.69) is 14.3 Å². The van der Waals surface area contributed by atoms with Crippen LogP contribution in [-0.2, 0) is 25.4 Å². The Balaban J connectivity index is 1.47. The van der Waals surface area contributed by atoms with Gasteiger partial charge in [0.15, 0.2) is 9.84 Å². The van der Waals surface area contributed by atoms with Gasteiger partial charge in [0.05, 0.1) is 16.8 Å². The molecule has 36 heavy (non-hydrogen) atoms. The maximum absolute atomic E-state index is 13.6. The number of sulfone groups is 2. The van der Waals surface area contributed by atoms with Crippen molar-refractivity contribution in [2.24, 2.45) is 0 Å². The zero-order valence-electron chi connectivity index (χ0n) is 19.6. The summed E-state index contributed by atoms with van der Waals surface area (Å²) in [6.45, 7) is 0.945. The largest absolute Gasteiger partial charge is 0.493 e. The fraction of sp³-hybridized carbons (Fsp3) is 0.417. The van der Waals surface area contributed by atoms with Crippen molar-refractivity contribution in [2.45, 2.75) is 47.2 Å². The molecular formula is C24H26FN3O5S3. The third-order valence-electron chi connectivity index (χ3n) is 6.93. The predicted molar refractivity (Wildman–Crippen MR) is 134 cm³/mol. The van der Waals surface area contributed by atoms with Crippen LogP contribution in [0, 0.1) is 5.82 Å². The predicted octanol–water partition coefficient (Wildman–Crippen LogP) is 3.73. The minimum atomic E-state index is -3.63. The first kappa shape index (κ1) is 25.2. The zero-order chi connectivity index (χ0) is 25.5. The van der Waals surface area contributed by atoms with Gasteiger partial charge in [-0.2, -0.15) is 4.37 Å². The van der Waals surface area contributed by atoms with Gasteiger partial charge in [0.1, 0.15) is 38.5 Å². The second kappa shape index (κ2) is 9.81. The van der Waals surface area contributed by atoms with Gasteiger partial charge in [-0.05, 0) is 54.2 Å². The maximum Gasteiger partial charge on any atom is 0.185 e. The van der Waals surface area contributed by atoms with Crippen molar-refractivity contribution in [3.05, 3.63) is 70.7 Å². The summed E-state index contributed by atoms with van der Waals surface area (Å²) >= 11 is 1.05. The number of likely N-dealkylation sites (tertiary alicyclic amines) is 1. The highest BCUT2D eigenvalue weighted by Gasteiger charge is 2.40. The Bertz CT molecular complexity index is 1440. The Hall–Kier alpha value is -2.41. The minimum absolute atomic E-state index is 0.0933. The SMILES string of the molecule is CS(=O)(=O)[C@@H]1CCN([C@H]2CCOc3cc(S(=O)(=O)Cc4ncns4)ccc32)[C@H](c2ccc(F)cc2)C1.